The fourth-order valence-electron chi connectivity index (χ4n) is 4.19. The molecule has 0 aliphatic carbocycles. The summed E-state index contributed by atoms with van der Waals surface area (Å²) in [5, 5.41) is 9.09. The number of piperidine rings is 1. The lowest BCUT2D eigenvalue weighted by atomic mass is 9.91. The first-order valence-corrected chi connectivity index (χ1v) is 12.2. The first kappa shape index (κ1) is 24.4. The molecule has 2 aromatic rings. The quantitative estimate of drug-likeness (QED) is 0.585. The fraction of sp³-hybridized carbons (Fsp3) is 0.652. The van der Waals surface area contributed by atoms with Gasteiger partial charge in [-0.05, 0) is 50.2 Å². The zero-order valence-corrected chi connectivity index (χ0v) is 20.4. The third-order valence-corrected chi connectivity index (χ3v) is 6.56. The van der Waals surface area contributed by atoms with Crippen LogP contribution in [0.3, 0.4) is 0 Å². The summed E-state index contributed by atoms with van der Waals surface area (Å²) in [5.41, 5.74) is 0.0265. The summed E-state index contributed by atoms with van der Waals surface area (Å²) in [5.74, 6) is 1.40. The monoisotopic (exact) mass is 461 g/mol. The minimum Gasteiger partial charge on any atom is -0.355 e. The maximum atomic E-state index is 12.6. The molecule has 1 N–H and O–H groups in total. The van der Waals surface area contributed by atoms with Gasteiger partial charge >= 0.3 is 0 Å². The van der Waals surface area contributed by atoms with Gasteiger partial charge in [-0.2, -0.15) is 4.98 Å². The molecule has 1 fully saturated rings. The van der Waals surface area contributed by atoms with E-state index in [9.17, 15) is 9.59 Å². The van der Waals surface area contributed by atoms with Crippen molar-refractivity contribution in [1.29, 1.82) is 0 Å². The molecule has 1 aliphatic rings. The molecule has 0 unspecified atom stereocenters. The molecule has 2 aromatic heterocycles. The highest BCUT2D eigenvalue weighted by atomic mass is 32.1. The van der Waals surface area contributed by atoms with E-state index < -0.39 is 0 Å². The fourth-order valence-corrected chi connectivity index (χ4v) is 4.83. The van der Waals surface area contributed by atoms with E-state index in [0.717, 1.165) is 24.3 Å². The lowest BCUT2D eigenvalue weighted by Crippen LogP contribution is -2.46. The van der Waals surface area contributed by atoms with Crippen LogP contribution >= 0.6 is 11.3 Å². The minimum absolute atomic E-state index is 0.0109. The predicted octanol–water partition coefficient (Wildman–Crippen LogP) is 3.06. The maximum Gasteiger partial charge on any atom is 0.226 e. The van der Waals surface area contributed by atoms with E-state index in [1.165, 1.54) is 0 Å². The molecule has 2 amide bonds. The van der Waals surface area contributed by atoms with Gasteiger partial charge in [0, 0.05) is 44.9 Å². The molecule has 0 spiro atoms. The Kier molecular flexibility index (Phi) is 8.42. The van der Waals surface area contributed by atoms with E-state index in [1.54, 1.807) is 11.3 Å². The first-order valence-electron chi connectivity index (χ1n) is 11.3. The smallest absolute Gasteiger partial charge is 0.226 e. The Balaban J connectivity index is 1.35. The Hall–Kier alpha value is -2.26. The number of amides is 2. The summed E-state index contributed by atoms with van der Waals surface area (Å²) < 4.78 is 5.30. The number of nitrogens with one attached hydrogen (secondary N) is 1. The number of aryl methyl sites for hydroxylation is 1. The van der Waals surface area contributed by atoms with Crippen molar-refractivity contribution >= 4 is 23.2 Å². The standard InChI is InChI=1S/C23H35N5O3S/c1-23(2,16-27(3)4)15-24-22(30)17-10-12-28(13-11-17)20(29)9-5-8-19-25-21(26-31-19)18-7-6-14-32-18/h6-7,14,17H,5,8-13,15-16H2,1-4H3,(H,24,30). The highest BCUT2D eigenvalue weighted by Gasteiger charge is 2.28. The second kappa shape index (κ2) is 11.0. The van der Waals surface area contributed by atoms with Crippen LogP contribution in [0.5, 0.6) is 0 Å². The molecular weight excluding hydrogens is 426 g/mol. The van der Waals surface area contributed by atoms with Gasteiger partial charge in [-0.15, -0.1) is 11.3 Å². The van der Waals surface area contributed by atoms with Crippen LogP contribution in [0.1, 0.15) is 45.4 Å². The summed E-state index contributed by atoms with van der Waals surface area (Å²) in [7, 11) is 4.08. The van der Waals surface area contributed by atoms with Gasteiger partial charge in [0.25, 0.3) is 0 Å². The third-order valence-electron chi connectivity index (χ3n) is 5.69. The topological polar surface area (TPSA) is 91.6 Å². The van der Waals surface area contributed by atoms with E-state index in [0.29, 0.717) is 50.6 Å². The average molecular weight is 462 g/mol. The molecule has 0 atom stereocenters. The average Bonchev–Trinajstić information content (AvgIpc) is 3.43. The van der Waals surface area contributed by atoms with Crippen molar-refractivity contribution in [3.63, 3.8) is 0 Å². The number of thiophene rings is 1. The Morgan fingerprint density at radius 2 is 2.06 bits per heavy atom. The second-order valence-corrected chi connectivity index (χ2v) is 10.6. The molecule has 3 rings (SSSR count). The molecule has 0 aromatic carbocycles. The molecular formula is C23H35N5O3S. The summed E-state index contributed by atoms with van der Waals surface area (Å²) in [6.45, 7) is 7.17. The summed E-state index contributed by atoms with van der Waals surface area (Å²) in [6, 6.07) is 3.91. The Bertz CT molecular complexity index is 870. The van der Waals surface area contributed by atoms with Crippen molar-refractivity contribution in [1.82, 2.24) is 25.3 Å². The van der Waals surface area contributed by atoms with Gasteiger partial charge in [0.1, 0.15) is 0 Å². The van der Waals surface area contributed by atoms with Crippen molar-refractivity contribution in [2.45, 2.75) is 46.0 Å². The number of hydrogen-bond acceptors (Lipinski definition) is 7. The molecule has 0 radical (unpaired) electrons. The van der Waals surface area contributed by atoms with Crippen LogP contribution in [0, 0.1) is 11.3 Å². The van der Waals surface area contributed by atoms with Gasteiger partial charge in [0.15, 0.2) is 0 Å². The van der Waals surface area contributed by atoms with Crippen LogP contribution < -0.4 is 5.32 Å². The SMILES string of the molecule is CN(C)CC(C)(C)CNC(=O)C1CCN(C(=O)CCCc2nc(-c3cccs3)no2)CC1. The third kappa shape index (κ3) is 7.13. The predicted molar refractivity (Wildman–Crippen MR) is 125 cm³/mol. The van der Waals surface area contributed by atoms with Crippen LogP contribution in [-0.2, 0) is 16.0 Å². The highest BCUT2D eigenvalue weighted by Crippen LogP contribution is 2.22. The Labute approximate surface area is 194 Å². The van der Waals surface area contributed by atoms with Gasteiger partial charge in [0.05, 0.1) is 4.88 Å². The van der Waals surface area contributed by atoms with E-state index in [-0.39, 0.29) is 23.1 Å². The number of likely N-dealkylation sites (tertiary alicyclic amines) is 1. The number of hydrogen-bond donors (Lipinski definition) is 1. The number of aromatic nitrogens is 2. The van der Waals surface area contributed by atoms with Crippen LogP contribution in [0.25, 0.3) is 10.7 Å². The van der Waals surface area contributed by atoms with Crippen molar-refractivity contribution in [3.05, 3.63) is 23.4 Å². The van der Waals surface area contributed by atoms with E-state index >= 15 is 0 Å². The zero-order valence-electron chi connectivity index (χ0n) is 19.6. The molecule has 3 heterocycles. The Morgan fingerprint density at radius 3 is 2.72 bits per heavy atom. The minimum atomic E-state index is -0.0109. The van der Waals surface area contributed by atoms with Gasteiger partial charge in [-0.25, -0.2) is 0 Å². The molecule has 32 heavy (non-hydrogen) atoms. The molecule has 8 nitrogen and oxygen atoms in total. The first-order chi connectivity index (χ1) is 15.2. The largest absolute Gasteiger partial charge is 0.355 e. The normalized spacial score (nSPS) is 15.3. The molecule has 1 saturated heterocycles. The number of carbonyl (C=O) groups is 2. The number of carbonyl (C=O) groups excluding carboxylic acids is 2. The summed E-state index contributed by atoms with van der Waals surface area (Å²) in [4.78, 5) is 34.5. The van der Waals surface area contributed by atoms with Crippen LogP contribution in [0.2, 0.25) is 0 Å². The maximum absolute atomic E-state index is 12.6. The van der Waals surface area contributed by atoms with Crippen LogP contribution in [0.15, 0.2) is 22.0 Å². The van der Waals surface area contributed by atoms with Crippen LogP contribution in [-0.4, -0.2) is 72.0 Å². The summed E-state index contributed by atoms with van der Waals surface area (Å²) >= 11 is 1.57. The van der Waals surface area contributed by atoms with Crippen molar-refractivity contribution in [3.8, 4) is 10.7 Å². The summed E-state index contributed by atoms with van der Waals surface area (Å²) in [6.07, 6.45) is 3.16. The van der Waals surface area contributed by atoms with Gasteiger partial charge in [0.2, 0.25) is 23.5 Å². The van der Waals surface area contributed by atoms with E-state index in [1.807, 2.05) is 36.5 Å². The van der Waals surface area contributed by atoms with Gasteiger partial charge in [-0.1, -0.05) is 25.1 Å². The lowest BCUT2D eigenvalue weighted by Gasteiger charge is -2.33. The van der Waals surface area contributed by atoms with Crippen LogP contribution in [0.4, 0.5) is 0 Å². The molecule has 176 valence electrons. The zero-order chi connectivity index (χ0) is 23.1. The number of rotatable bonds is 10. The number of nitrogens with zero attached hydrogens (tertiary/aromatic N) is 4. The second-order valence-electron chi connectivity index (χ2n) is 9.62. The molecule has 0 saturated carbocycles. The van der Waals surface area contributed by atoms with E-state index in [4.69, 9.17) is 4.52 Å². The van der Waals surface area contributed by atoms with Crippen molar-refractivity contribution in [2.24, 2.45) is 11.3 Å². The van der Waals surface area contributed by atoms with Gasteiger partial charge in [-0.3, -0.25) is 9.59 Å². The Morgan fingerprint density at radius 1 is 1.31 bits per heavy atom. The molecule has 9 heteroatoms. The van der Waals surface area contributed by atoms with Crippen molar-refractivity contribution in [2.75, 3.05) is 40.3 Å². The lowest BCUT2D eigenvalue weighted by molar-refractivity contribution is -0.135. The molecule has 0 bridgehead atoms. The highest BCUT2D eigenvalue weighted by molar-refractivity contribution is 7.13. The molecule has 1 aliphatic heterocycles. The van der Waals surface area contributed by atoms with E-state index in [2.05, 4.69) is 34.2 Å². The van der Waals surface area contributed by atoms with Crippen molar-refractivity contribution < 1.29 is 14.1 Å². The van der Waals surface area contributed by atoms with Gasteiger partial charge < -0.3 is 19.6 Å².